The first-order valence-corrected chi connectivity index (χ1v) is 9.81. The van der Waals surface area contributed by atoms with E-state index >= 15 is 0 Å². The highest BCUT2D eigenvalue weighted by atomic mass is 35.5. The second kappa shape index (κ2) is 9.54. The Hall–Kier alpha value is -1.61. The summed E-state index contributed by atoms with van der Waals surface area (Å²) in [6.45, 7) is 7.83. The van der Waals surface area contributed by atoms with Crippen LogP contribution in [0.15, 0.2) is 38.4 Å². The smallest absolute Gasteiger partial charge is 0.175 e. The van der Waals surface area contributed by atoms with Crippen molar-refractivity contribution in [3.8, 4) is 5.75 Å². The largest absolute Gasteiger partial charge is 0.486 e. The average molecular weight is 411 g/mol. The van der Waals surface area contributed by atoms with Crippen molar-refractivity contribution in [1.29, 1.82) is 0 Å². The average Bonchev–Trinajstić information content (AvgIpc) is 3.08. The van der Waals surface area contributed by atoms with Gasteiger partial charge in [0.1, 0.15) is 23.6 Å². The number of aromatic nitrogens is 1. The van der Waals surface area contributed by atoms with E-state index in [0.717, 1.165) is 29.4 Å². The number of hydrogen-bond acceptors (Lipinski definition) is 8. The molecule has 0 saturated carbocycles. The van der Waals surface area contributed by atoms with Crippen molar-refractivity contribution in [3.05, 3.63) is 23.5 Å². The summed E-state index contributed by atoms with van der Waals surface area (Å²) in [5, 5.41) is 1.08. The van der Waals surface area contributed by atoms with Gasteiger partial charge in [-0.2, -0.15) is 0 Å². The van der Waals surface area contributed by atoms with Crippen molar-refractivity contribution in [3.63, 3.8) is 0 Å². The first-order chi connectivity index (χ1) is 13.1. The van der Waals surface area contributed by atoms with Crippen LogP contribution in [0.4, 0.5) is 5.82 Å². The monoisotopic (exact) mass is 410 g/mol. The maximum Gasteiger partial charge on any atom is 0.175 e. The number of nitrogens with zero attached hydrogens (tertiary/aromatic N) is 4. The molecule has 0 aliphatic carbocycles. The topological polar surface area (TPSA) is 68.5 Å². The van der Waals surface area contributed by atoms with E-state index < -0.39 is 0 Å². The van der Waals surface area contributed by atoms with Gasteiger partial charge in [0.2, 0.25) is 0 Å². The Bertz CT molecular complexity index is 739. The Kier molecular flexibility index (Phi) is 7.12. The Labute approximate surface area is 168 Å². The first kappa shape index (κ1) is 20.1. The Balaban J connectivity index is 1.76. The molecule has 0 unspecified atom stereocenters. The van der Waals surface area contributed by atoms with Gasteiger partial charge in [0, 0.05) is 25.8 Å². The number of fused-ring (bicyclic) bond motifs is 3. The molecule has 3 rings (SSSR count). The van der Waals surface area contributed by atoms with Crippen LogP contribution in [0.3, 0.4) is 0 Å². The van der Waals surface area contributed by atoms with Crippen LogP contribution < -0.4 is 9.64 Å². The first-order valence-electron chi connectivity index (χ1n) is 8.62. The molecule has 0 aromatic carbocycles. The third kappa shape index (κ3) is 5.01. The van der Waals surface area contributed by atoms with Crippen LogP contribution in [-0.4, -0.2) is 56.6 Å². The lowest BCUT2D eigenvalue weighted by atomic mass is 10.1. The molecule has 146 valence electrons. The van der Waals surface area contributed by atoms with Gasteiger partial charge in [-0.05, 0) is 26.1 Å². The normalized spacial score (nSPS) is 22.3. The number of aliphatic imine (C=N–C) groups is 2. The minimum atomic E-state index is 0.317. The van der Waals surface area contributed by atoms with Crippen LogP contribution in [0.2, 0.25) is 0 Å². The molecule has 27 heavy (non-hydrogen) atoms. The van der Waals surface area contributed by atoms with Gasteiger partial charge >= 0.3 is 0 Å². The number of methoxy groups -OCH3 is 1. The fourth-order valence-electron chi connectivity index (χ4n) is 3.23. The molecule has 7 nitrogen and oxygen atoms in total. The predicted octanol–water partition coefficient (Wildman–Crippen LogP) is 3.54. The molecule has 1 aromatic rings. The van der Waals surface area contributed by atoms with Crippen LogP contribution in [0, 0.1) is 5.92 Å². The van der Waals surface area contributed by atoms with Crippen LogP contribution in [0.5, 0.6) is 5.75 Å². The molecule has 0 spiro atoms. The molecule has 2 atom stereocenters. The summed E-state index contributed by atoms with van der Waals surface area (Å²) < 4.78 is 16.6. The number of thioether (sulfide) groups is 1. The summed E-state index contributed by atoms with van der Waals surface area (Å²) in [5.74, 6) is 2.08. The van der Waals surface area contributed by atoms with Crippen molar-refractivity contribution in [2.75, 3.05) is 38.6 Å². The molecule has 1 saturated heterocycles. The second-order valence-electron chi connectivity index (χ2n) is 6.31. The highest BCUT2D eigenvalue weighted by molar-refractivity contribution is 8.03. The summed E-state index contributed by atoms with van der Waals surface area (Å²) in [6.07, 6.45) is 4.40. The van der Waals surface area contributed by atoms with Crippen molar-refractivity contribution in [2.24, 2.45) is 15.9 Å². The molecule has 1 fully saturated rings. The van der Waals surface area contributed by atoms with Gasteiger partial charge in [0.25, 0.3) is 0 Å². The van der Waals surface area contributed by atoms with Gasteiger partial charge in [-0.15, -0.1) is 0 Å². The molecule has 3 heterocycles. The molecule has 1 aromatic heterocycles. The van der Waals surface area contributed by atoms with E-state index in [4.69, 9.17) is 25.8 Å². The SMILES string of the molecule is C=N/C(=C\N=C(C)Cl)Sc1ccnc2c1OC[C@@H]1C[C@H](COCOC)CN21. The quantitative estimate of drug-likeness (QED) is 0.282. The van der Waals surface area contributed by atoms with Gasteiger partial charge in [0.15, 0.2) is 11.6 Å². The van der Waals surface area contributed by atoms with Gasteiger partial charge in [-0.3, -0.25) is 4.99 Å². The van der Waals surface area contributed by atoms with Crippen molar-refractivity contribution in [2.45, 2.75) is 24.3 Å². The van der Waals surface area contributed by atoms with Crippen LogP contribution in [-0.2, 0) is 9.47 Å². The Morgan fingerprint density at radius 2 is 2.44 bits per heavy atom. The highest BCUT2D eigenvalue weighted by Crippen LogP contribution is 2.45. The third-order valence-corrected chi connectivity index (χ3v) is 5.40. The number of halogens is 1. The fraction of sp³-hybridized carbons (Fsp3) is 0.500. The number of rotatable bonds is 8. The van der Waals surface area contributed by atoms with Crippen molar-refractivity contribution in [1.82, 2.24) is 4.98 Å². The Morgan fingerprint density at radius 1 is 1.59 bits per heavy atom. The van der Waals surface area contributed by atoms with Crippen molar-refractivity contribution >= 4 is 41.1 Å². The van der Waals surface area contributed by atoms with E-state index in [9.17, 15) is 0 Å². The van der Waals surface area contributed by atoms with Crippen molar-refractivity contribution < 1.29 is 14.2 Å². The molecule has 0 amide bonds. The summed E-state index contributed by atoms with van der Waals surface area (Å²) in [7, 11) is 1.63. The zero-order valence-electron chi connectivity index (χ0n) is 15.4. The number of pyridine rings is 1. The molecule has 0 N–H and O–H groups in total. The molecule has 0 radical (unpaired) electrons. The molecular formula is C18H23ClN4O3S. The number of ether oxygens (including phenoxy) is 3. The lowest BCUT2D eigenvalue weighted by Gasteiger charge is -2.33. The lowest BCUT2D eigenvalue weighted by molar-refractivity contribution is -0.0414. The van der Waals surface area contributed by atoms with Gasteiger partial charge in [0.05, 0.1) is 23.7 Å². The van der Waals surface area contributed by atoms with Gasteiger partial charge in [-0.25, -0.2) is 9.98 Å². The van der Waals surface area contributed by atoms with E-state index in [-0.39, 0.29) is 0 Å². The van der Waals surface area contributed by atoms with Gasteiger partial charge < -0.3 is 19.1 Å². The summed E-state index contributed by atoms with van der Waals surface area (Å²) in [4.78, 5) is 15.9. The fourth-order valence-corrected chi connectivity index (χ4v) is 4.04. The van der Waals surface area contributed by atoms with Crippen LogP contribution in [0.1, 0.15) is 13.3 Å². The standard InChI is InChI=1S/C18H23ClN4O3S/c1-12(19)22-7-16(20-2)27-15-4-5-21-18-17(15)26-10-14-6-13(8-23(14)18)9-25-11-24-3/h4-5,7,13-14H,2,6,8-11H2,1,3H3/b16-7+,22-12?/t13-,14-/m0/s1. The third-order valence-electron chi connectivity index (χ3n) is 4.32. The minimum absolute atomic E-state index is 0.317. The molecule has 2 aliphatic heterocycles. The molecular weight excluding hydrogens is 388 g/mol. The van der Waals surface area contributed by atoms with E-state index in [1.54, 1.807) is 26.4 Å². The van der Waals surface area contributed by atoms with E-state index in [1.807, 2.05) is 6.07 Å². The van der Waals surface area contributed by atoms with E-state index in [1.165, 1.54) is 11.8 Å². The number of hydrogen-bond donors (Lipinski definition) is 0. The zero-order valence-corrected chi connectivity index (χ0v) is 17.0. The second-order valence-corrected chi connectivity index (χ2v) is 7.92. The summed E-state index contributed by atoms with van der Waals surface area (Å²) >= 11 is 7.22. The molecule has 2 aliphatic rings. The highest BCUT2D eigenvalue weighted by Gasteiger charge is 2.38. The molecule has 0 bridgehead atoms. The summed E-state index contributed by atoms with van der Waals surface area (Å²) in [6, 6.07) is 2.23. The maximum absolute atomic E-state index is 6.07. The minimum Gasteiger partial charge on any atom is -0.486 e. The maximum atomic E-state index is 6.07. The van der Waals surface area contributed by atoms with E-state index in [0.29, 0.717) is 42.2 Å². The number of anilines is 1. The predicted molar refractivity (Wildman–Crippen MR) is 109 cm³/mol. The van der Waals surface area contributed by atoms with Crippen LogP contribution in [0.25, 0.3) is 0 Å². The van der Waals surface area contributed by atoms with E-state index in [2.05, 4.69) is 26.6 Å². The Morgan fingerprint density at radius 3 is 3.19 bits per heavy atom. The lowest BCUT2D eigenvalue weighted by Crippen LogP contribution is -2.39. The summed E-state index contributed by atoms with van der Waals surface area (Å²) in [5.41, 5.74) is 0. The van der Waals surface area contributed by atoms with Crippen LogP contribution >= 0.6 is 23.4 Å². The molecule has 9 heteroatoms. The zero-order chi connectivity index (χ0) is 19.2. The van der Waals surface area contributed by atoms with Gasteiger partial charge in [-0.1, -0.05) is 23.4 Å².